The molecular formula is C15H32N2O3. The lowest BCUT2D eigenvalue weighted by molar-refractivity contribution is -0.140. The Kier molecular flexibility index (Phi) is 14.3. The van der Waals surface area contributed by atoms with Crippen molar-refractivity contribution in [3.05, 3.63) is 0 Å². The predicted octanol–water partition coefficient (Wildman–Crippen LogP) is 2.06. The summed E-state index contributed by atoms with van der Waals surface area (Å²) in [7, 11) is 1.95. The number of rotatable bonds is 14. The van der Waals surface area contributed by atoms with Gasteiger partial charge in [0.25, 0.3) is 0 Å². The third kappa shape index (κ3) is 12.4. The van der Waals surface area contributed by atoms with Gasteiger partial charge in [-0.25, -0.2) is 0 Å². The minimum atomic E-state index is -0.136. The average Bonchev–Trinajstić information content (AvgIpc) is 2.43. The van der Waals surface area contributed by atoms with Crippen molar-refractivity contribution in [1.29, 1.82) is 0 Å². The minimum Gasteiger partial charge on any atom is -0.356 e. The quantitative estimate of drug-likeness (QED) is 0.379. The van der Waals surface area contributed by atoms with Gasteiger partial charge in [0.05, 0.1) is 0 Å². The van der Waals surface area contributed by atoms with E-state index in [4.69, 9.17) is 9.47 Å². The molecule has 2 N–H and O–H groups in total. The van der Waals surface area contributed by atoms with Crippen LogP contribution in [0, 0.1) is 0 Å². The van der Waals surface area contributed by atoms with Crippen LogP contribution in [0.4, 0.5) is 0 Å². The van der Waals surface area contributed by atoms with Crippen molar-refractivity contribution in [2.24, 2.45) is 0 Å². The molecule has 0 atom stereocenters. The second-order valence-corrected chi connectivity index (χ2v) is 4.75. The highest BCUT2D eigenvalue weighted by Crippen LogP contribution is 2.04. The fourth-order valence-electron chi connectivity index (χ4n) is 1.94. The van der Waals surface area contributed by atoms with E-state index in [-0.39, 0.29) is 12.2 Å². The van der Waals surface area contributed by atoms with Crippen LogP contribution in [-0.2, 0) is 14.3 Å². The van der Waals surface area contributed by atoms with E-state index >= 15 is 0 Å². The summed E-state index contributed by atoms with van der Waals surface area (Å²) in [6.07, 6.45) is 5.40. The molecule has 0 aliphatic carbocycles. The first-order valence-corrected chi connectivity index (χ1v) is 7.89. The lowest BCUT2D eigenvalue weighted by Gasteiger charge is -2.16. The highest BCUT2D eigenvalue weighted by atomic mass is 16.7. The highest BCUT2D eigenvalue weighted by molar-refractivity contribution is 5.75. The van der Waals surface area contributed by atoms with E-state index in [0.29, 0.717) is 26.2 Å². The monoisotopic (exact) mass is 288 g/mol. The van der Waals surface area contributed by atoms with E-state index in [1.165, 1.54) is 0 Å². The summed E-state index contributed by atoms with van der Waals surface area (Å²) in [6, 6.07) is 0. The average molecular weight is 288 g/mol. The fourth-order valence-corrected chi connectivity index (χ4v) is 1.94. The summed E-state index contributed by atoms with van der Waals surface area (Å²) in [4.78, 5) is 11.6. The van der Waals surface area contributed by atoms with Crippen LogP contribution in [-0.4, -0.2) is 45.5 Å². The first kappa shape index (κ1) is 19.4. The summed E-state index contributed by atoms with van der Waals surface area (Å²) >= 11 is 0. The fraction of sp³-hybridized carbons (Fsp3) is 0.933. The molecule has 20 heavy (non-hydrogen) atoms. The molecule has 0 aromatic rings. The Hall–Kier alpha value is -0.650. The second-order valence-electron chi connectivity index (χ2n) is 4.75. The number of carbonyl (C=O) groups is 1. The molecule has 1 amide bonds. The van der Waals surface area contributed by atoms with Crippen LogP contribution in [0.15, 0.2) is 0 Å². The van der Waals surface area contributed by atoms with Crippen LogP contribution in [0.2, 0.25) is 0 Å². The third-order valence-electron chi connectivity index (χ3n) is 2.97. The van der Waals surface area contributed by atoms with Crippen molar-refractivity contribution in [3.63, 3.8) is 0 Å². The number of unbranched alkanes of at least 4 members (excludes halogenated alkanes) is 2. The Morgan fingerprint density at radius 2 is 1.70 bits per heavy atom. The first-order valence-electron chi connectivity index (χ1n) is 7.89. The number of hydrogen-bond acceptors (Lipinski definition) is 4. The Morgan fingerprint density at radius 3 is 2.30 bits per heavy atom. The van der Waals surface area contributed by atoms with Crippen LogP contribution in [0.3, 0.4) is 0 Å². The van der Waals surface area contributed by atoms with Crippen LogP contribution < -0.4 is 10.6 Å². The topological polar surface area (TPSA) is 59.6 Å². The van der Waals surface area contributed by atoms with Gasteiger partial charge >= 0.3 is 0 Å². The number of nitrogens with one attached hydrogen (secondary N) is 2. The van der Waals surface area contributed by atoms with E-state index in [2.05, 4.69) is 10.6 Å². The van der Waals surface area contributed by atoms with Gasteiger partial charge < -0.3 is 20.1 Å². The molecule has 0 radical (unpaired) electrons. The maximum Gasteiger partial charge on any atom is 0.219 e. The van der Waals surface area contributed by atoms with Crippen LogP contribution >= 0.6 is 0 Å². The zero-order valence-electron chi connectivity index (χ0n) is 13.4. The molecule has 0 fully saturated rings. The van der Waals surface area contributed by atoms with Crippen molar-refractivity contribution in [2.45, 2.75) is 58.7 Å². The molecule has 0 aromatic heterocycles. The maximum atomic E-state index is 11.6. The van der Waals surface area contributed by atoms with E-state index < -0.39 is 0 Å². The molecule has 0 heterocycles. The summed E-state index contributed by atoms with van der Waals surface area (Å²) in [5.74, 6) is 0.152. The molecule has 5 heteroatoms. The SMILES string of the molecule is CCOC(CCCNC(=O)CCCCCNC)OCC. The molecule has 0 rings (SSSR count). The molecule has 120 valence electrons. The van der Waals surface area contributed by atoms with Gasteiger partial charge in [-0.05, 0) is 46.7 Å². The van der Waals surface area contributed by atoms with Gasteiger partial charge in [0.15, 0.2) is 6.29 Å². The molecule has 5 nitrogen and oxygen atoms in total. The van der Waals surface area contributed by atoms with E-state index in [9.17, 15) is 4.79 Å². The molecule has 0 aliphatic rings. The molecule has 0 spiro atoms. The Labute approximate surface area is 123 Å². The van der Waals surface area contributed by atoms with E-state index in [1.54, 1.807) is 0 Å². The normalized spacial score (nSPS) is 11.0. The van der Waals surface area contributed by atoms with Gasteiger partial charge in [-0.2, -0.15) is 0 Å². The van der Waals surface area contributed by atoms with Gasteiger partial charge in [0.2, 0.25) is 5.91 Å². The zero-order chi connectivity index (χ0) is 15.1. The van der Waals surface area contributed by atoms with Gasteiger partial charge in [-0.15, -0.1) is 0 Å². The standard InChI is InChI=1S/C15H32N2O3/c1-4-19-15(20-5-2)11-9-13-17-14(18)10-7-6-8-12-16-3/h15-16H,4-13H2,1-3H3,(H,17,18). The highest BCUT2D eigenvalue weighted by Gasteiger charge is 2.07. The van der Waals surface area contributed by atoms with E-state index in [1.807, 2.05) is 20.9 Å². The molecule has 0 saturated heterocycles. The van der Waals surface area contributed by atoms with Gasteiger partial charge in [0, 0.05) is 32.6 Å². The van der Waals surface area contributed by atoms with Gasteiger partial charge in [-0.1, -0.05) is 6.42 Å². The Balaban J connectivity index is 3.45. The first-order chi connectivity index (χ1) is 9.74. The zero-order valence-corrected chi connectivity index (χ0v) is 13.4. The molecule has 0 unspecified atom stereocenters. The number of hydrogen-bond donors (Lipinski definition) is 2. The summed E-state index contributed by atoms with van der Waals surface area (Å²) in [5.41, 5.74) is 0. The predicted molar refractivity (Wildman–Crippen MR) is 81.7 cm³/mol. The van der Waals surface area contributed by atoms with Crippen molar-refractivity contribution in [1.82, 2.24) is 10.6 Å². The minimum absolute atomic E-state index is 0.136. The van der Waals surface area contributed by atoms with Crippen molar-refractivity contribution in [2.75, 3.05) is 33.4 Å². The van der Waals surface area contributed by atoms with Gasteiger partial charge in [0.1, 0.15) is 0 Å². The van der Waals surface area contributed by atoms with E-state index in [0.717, 1.165) is 38.6 Å². The Morgan fingerprint density at radius 1 is 1.00 bits per heavy atom. The lowest BCUT2D eigenvalue weighted by Crippen LogP contribution is -2.26. The maximum absolute atomic E-state index is 11.6. The Bertz CT molecular complexity index is 219. The van der Waals surface area contributed by atoms with Crippen LogP contribution in [0.5, 0.6) is 0 Å². The van der Waals surface area contributed by atoms with Crippen LogP contribution in [0.25, 0.3) is 0 Å². The lowest BCUT2D eigenvalue weighted by atomic mass is 10.2. The second kappa shape index (κ2) is 14.8. The molecule has 0 aliphatic heterocycles. The van der Waals surface area contributed by atoms with Crippen molar-refractivity contribution in [3.8, 4) is 0 Å². The van der Waals surface area contributed by atoms with Crippen molar-refractivity contribution >= 4 is 5.91 Å². The van der Waals surface area contributed by atoms with Crippen molar-refractivity contribution < 1.29 is 14.3 Å². The number of amides is 1. The summed E-state index contributed by atoms with van der Waals surface area (Å²) in [5, 5.41) is 6.05. The van der Waals surface area contributed by atoms with Crippen LogP contribution in [0.1, 0.15) is 52.4 Å². The third-order valence-corrected chi connectivity index (χ3v) is 2.97. The molecule has 0 aromatic carbocycles. The summed E-state index contributed by atoms with van der Waals surface area (Å²) in [6.45, 7) is 6.96. The molecular weight excluding hydrogens is 256 g/mol. The summed E-state index contributed by atoms with van der Waals surface area (Å²) < 4.78 is 10.9. The molecule has 0 bridgehead atoms. The smallest absolute Gasteiger partial charge is 0.219 e. The van der Waals surface area contributed by atoms with Gasteiger partial charge in [-0.3, -0.25) is 4.79 Å². The molecule has 0 saturated carbocycles. The number of carbonyl (C=O) groups excluding carboxylic acids is 1. The number of ether oxygens (including phenoxy) is 2. The largest absolute Gasteiger partial charge is 0.356 e.